The van der Waals surface area contributed by atoms with Crippen molar-refractivity contribution in [1.29, 1.82) is 0 Å². The summed E-state index contributed by atoms with van der Waals surface area (Å²) >= 11 is 1.11. The minimum Gasteiger partial charge on any atom is -0.490 e. The minimum absolute atomic E-state index is 0.276. The molecule has 2 rings (SSSR count). The molecular formula is C21H28N2O6S. The first kappa shape index (κ1) is 23.5. The number of aromatic nitrogens is 1. The Balaban J connectivity index is 2.53. The maximum absolute atomic E-state index is 12.9. The molecule has 0 aliphatic carbocycles. The lowest BCUT2D eigenvalue weighted by Crippen LogP contribution is -2.15. The van der Waals surface area contributed by atoms with Gasteiger partial charge in [-0.15, -0.1) is 0 Å². The second kappa shape index (κ2) is 10.8. The third-order valence-corrected chi connectivity index (χ3v) is 5.34. The number of ether oxygens (including phenoxy) is 4. The number of hydrogen-bond acceptors (Lipinski definition) is 7. The molecule has 0 saturated heterocycles. The van der Waals surface area contributed by atoms with Crippen LogP contribution in [0.4, 0.5) is 0 Å². The second-order valence-electron chi connectivity index (χ2n) is 6.10. The van der Waals surface area contributed by atoms with E-state index in [2.05, 4.69) is 4.99 Å². The first-order chi connectivity index (χ1) is 14.4. The van der Waals surface area contributed by atoms with Crippen molar-refractivity contribution in [3.8, 4) is 17.2 Å². The van der Waals surface area contributed by atoms with Gasteiger partial charge in [-0.2, -0.15) is 4.99 Å². The Bertz CT molecular complexity index is 949. The molecule has 30 heavy (non-hydrogen) atoms. The summed E-state index contributed by atoms with van der Waals surface area (Å²) in [4.78, 5) is 30.1. The minimum atomic E-state index is -0.479. The summed E-state index contributed by atoms with van der Waals surface area (Å²) < 4.78 is 23.8. The fraction of sp³-hybridized carbons (Fsp3) is 0.476. The van der Waals surface area contributed by atoms with E-state index in [9.17, 15) is 9.59 Å². The molecule has 8 nitrogen and oxygen atoms in total. The molecule has 2 aromatic rings. The maximum Gasteiger partial charge on any atom is 0.350 e. The predicted molar refractivity (Wildman–Crippen MR) is 114 cm³/mol. The van der Waals surface area contributed by atoms with Crippen molar-refractivity contribution in [2.75, 3.05) is 26.4 Å². The first-order valence-corrected chi connectivity index (χ1v) is 10.7. The van der Waals surface area contributed by atoms with E-state index in [1.807, 2.05) is 20.8 Å². The molecule has 0 N–H and O–H groups in total. The van der Waals surface area contributed by atoms with Crippen LogP contribution in [0.1, 0.15) is 53.4 Å². The molecule has 1 aromatic carbocycles. The molecule has 0 fully saturated rings. The molecule has 1 heterocycles. The molecule has 0 atom stereocenters. The third-order valence-electron chi connectivity index (χ3n) is 4.13. The van der Waals surface area contributed by atoms with E-state index in [-0.39, 0.29) is 6.61 Å². The third kappa shape index (κ3) is 5.21. The van der Waals surface area contributed by atoms with Crippen molar-refractivity contribution < 1.29 is 28.5 Å². The van der Waals surface area contributed by atoms with Crippen LogP contribution in [0.5, 0.6) is 17.2 Å². The molecule has 9 heteroatoms. The van der Waals surface area contributed by atoms with Gasteiger partial charge in [0.2, 0.25) is 5.75 Å². The number of hydrogen-bond donors (Lipinski definition) is 0. The van der Waals surface area contributed by atoms with E-state index in [0.717, 1.165) is 11.3 Å². The van der Waals surface area contributed by atoms with E-state index in [1.165, 1.54) is 0 Å². The number of benzene rings is 1. The van der Waals surface area contributed by atoms with E-state index in [1.54, 1.807) is 37.6 Å². The van der Waals surface area contributed by atoms with Crippen LogP contribution in [-0.2, 0) is 11.8 Å². The highest BCUT2D eigenvalue weighted by atomic mass is 32.1. The highest BCUT2D eigenvalue weighted by molar-refractivity contribution is 7.11. The summed E-state index contributed by atoms with van der Waals surface area (Å²) in [6, 6.07) is 3.19. The van der Waals surface area contributed by atoms with Crippen molar-refractivity contribution in [2.45, 2.75) is 34.6 Å². The monoisotopic (exact) mass is 436 g/mol. The molecule has 0 aliphatic rings. The topological polar surface area (TPSA) is 88.3 Å². The SMILES string of the molecule is CCOC(=O)c1sc(=NC(=O)c2cc(OCC)c(OCC)c(OCC)c2)n(C)c1C. The molecule has 0 bridgehead atoms. The molecule has 0 unspecified atom stereocenters. The summed E-state index contributed by atoms with van der Waals surface area (Å²) in [6.07, 6.45) is 0. The fourth-order valence-corrected chi connectivity index (χ4v) is 3.69. The lowest BCUT2D eigenvalue weighted by atomic mass is 10.1. The zero-order valence-electron chi connectivity index (χ0n) is 18.2. The molecular weight excluding hydrogens is 408 g/mol. The smallest absolute Gasteiger partial charge is 0.350 e. The van der Waals surface area contributed by atoms with Crippen molar-refractivity contribution in [2.24, 2.45) is 12.0 Å². The van der Waals surface area contributed by atoms with Crippen LogP contribution in [0.15, 0.2) is 17.1 Å². The molecule has 0 radical (unpaired) electrons. The summed E-state index contributed by atoms with van der Waals surface area (Å²) in [5, 5.41) is 0. The van der Waals surface area contributed by atoms with Crippen LogP contribution in [0, 0.1) is 6.92 Å². The lowest BCUT2D eigenvalue weighted by molar-refractivity contribution is 0.0530. The van der Waals surface area contributed by atoms with Gasteiger partial charge in [-0.1, -0.05) is 11.3 Å². The van der Waals surface area contributed by atoms with E-state index in [4.69, 9.17) is 18.9 Å². The molecule has 0 aliphatic heterocycles. The number of thiazole rings is 1. The van der Waals surface area contributed by atoms with Crippen molar-refractivity contribution in [3.05, 3.63) is 33.1 Å². The number of nitrogens with zero attached hydrogens (tertiary/aromatic N) is 2. The van der Waals surface area contributed by atoms with Gasteiger partial charge in [0.15, 0.2) is 16.3 Å². The summed E-state index contributed by atoms with van der Waals surface area (Å²) in [6.45, 7) is 10.6. The van der Waals surface area contributed by atoms with Gasteiger partial charge in [0, 0.05) is 18.3 Å². The Hall–Kier alpha value is -2.81. The summed E-state index contributed by atoms with van der Waals surface area (Å²) in [7, 11) is 1.75. The quantitative estimate of drug-likeness (QED) is 0.559. The predicted octanol–water partition coefficient (Wildman–Crippen LogP) is 3.51. The highest BCUT2D eigenvalue weighted by Crippen LogP contribution is 2.39. The standard InChI is InChI=1S/C21H28N2O6S/c1-7-26-15-11-14(12-16(27-8-2)17(15)28-9-3)19(24)22-21-23(6)13(5)18(30-21)20(25)29-10-4/h11-12H,7-10H2,1-6H3. The Morgan fingerprint density at radius 2 is 1.53 bits per heavy atom. The van der Waals surface area contributed by atoms with Gasteiger partial charge < -0.3 is 23.5 Å². The number of carbonyl (C=O) groups excluding carboxylic acids is 2. The van der Waals surface area contributed by atoms with Crippen molar-refractivity contribution in [1.82, 2.24) is 4.57 Å². The van der Waals surface area contributed by atoms with E-state index < -0.39 is 11.9 Å². The van der Waals surface area contributed by atoms with Gasteiger partial charge in [0.1, 0.15) is 4.88 Å². The lowest BCUT2D eigenvalue weighted by Gasteiger charge is -2.16. The van der Waals surface area contributed by atoms with Gasteiger partial charge in [-0.25, -0.2) is 4.79 Å². The first-order valence-electron chi connectivity index (χ1n) is 9.86. The summed E-state index contributed by atoms with van der Waals surface area (Å²) in [5.41, 5.74) is 0.982. The van der Waals surface area contributed by atoms with Crippen LogP contribution in [-0.4, -0.2) is 42.9 Å². The average Bonchev–Trinajstić information content (AvgIpc) is 2.99. The average molecular weight is 437 g/mol. The maximum atomic E-state index is 12.9. The van der Waals surface area contributed by atoms with E-state index >= 15 is 0 Å². The number of esters is 1. The van der Waals surface area contributed by atoms with Crippen molar-refractivity contribution >= 4 is 23.2 Å². The van der Waals surface area contributed by atoms with E-state index in [0.29, 0.717) is 58.0 Å². The van der Waals surface area contributed by atoms with Crippen LogP contribution in [0.25, 0.3) is 0 Å². The Morgan fingerprint density at radius 1 is 0.967 bits per heavy atom. The van der Waals surface area contributed by atoms with Crippen LogP contribution in [0.3, 0.4) is 0 Å². The van der Waals surface area contributed by atoms with Gasteiger partial charge in [-0.3, -0.25) is 4.79 Å². The number of rotatable bonds is 9. The largest absolute Gasteiger partial charge is 0.490 e. The molecule has 1 amide bonds. The fourth-order valence-electron chi connectivity index (χ4n) is 2.68. The number of amides is 1. The van der Waals surface area contributed by atoms with Gasteiger partial charge in [0.05, 0.1) is 26.4 Å². The van der Waals surface area contributed by atoms with Crippen LogP contribution < -0.4 is 19.0 Å². The normalized spacial score (nSPS) is 11.3. The van der Waals surface area contributed by atoms with Crippen LogP contribution in [0.2, 0.25) is 0 Å². The molecule has 0 saturated carbocycles. The van der Waals surface area contributed by atoms with Gasteiger partial charge >= 0.3 is 5.97 Å². The van der Waals surface area contributed by atoms with Crippen LogP contribution >= 0.6 is 11.3 Å². The van der Waals surface area contributed by atoms with Gasteiger partial charge in [0.25, 0.3) is 5.91 Å². The summed E-state index contributed by atoms with van der Waals surface area (Å²) in [5.74, 6) is 0.389. The second-order valence-corrected chi connectivity index (χ2v) is 7.07. The van der Waals surface area contributed by atoms with Crippen molar-refractivity contribution in [3.63, 3.8) is 0 Å². The number of carbonyl (C=O) groups is 2. The zero-order valence-corrected chi connectivity index (χ0v) is 19.1. The Morgan fingerprint density at radius 3 is 2.03 bits per heavy atom. The molecule has 0 spiro atoms. The highest BCUT2D eigenvalue weighted by Gasteiger charge is 2.20. The Labute approximate surface area is 180 Å². The Kier molecular flexibility index (Phi) is 8.46. The van der Waals surface area contributed by atoms with Gasteiger partial charge in [-0.05, 0) is 46.8 Å². The zero-order chi connectivity index (χ0) is 22.3. The molecule has 1 aromatic heterocycles. The molecule has 164 valence electrons.